The molecule has 0 bridgehead atoms. The minimum Gasteiger partial charge on any atom is -0.369 e. The molecule has 1 amide bonds. The van der Waals surface area contributed by atoms with Crippen LogP contribution in [-0.2, 0) is 11.3 Å². The largest absolute Gasteiger partial charge is 0.369 e. The lowest BCUT2D eigenvalue weighted by atomic mass is 9.96. The zero-order valence-corrected chi connectivity index (χ0v) is 14.2. The Labute approximate surface area is 140 Å². The first-order chi connectivity index (χ1) is 11.1. The molecule has 1 saturated heterocycles. The molecule has 23 heavy (non-hydrogen) atoms. The number of rotatable bonds is 5. The highest BCUT2D eigenvalue weighted by atomic mass is 32.1. The number of nitrogens with zero attached hydrogens (tertiary/aromatic N) is 1. The van der Waals surface area contributed by atoms with Crippen molar-refractivity contribution in [2.24, 2.45) is 11.7 Å². The van der Waals surface area contributed by atoms with Crippen molar-refractivity contribution in [2.75, 3.05) is 18.4 Å². The van der Waals surface area contributed by atoms with Crippen LogP contribution < -0.4 is 16.0 Å². The van der Waals surface area contributed by atoms with Gasteiger partial charge in [-0.15, -0.1) is 11.3 Å². The van der Waals surface area contributed by atoms with E-state index in [0.29, 0.717) is 0 Å². The van der Waals surface area contributed by atoms with Crippen molar-refractivity contribution in [1.82, 2.24) is 4.98 Å². The average molecular weight is 331 g/mol. The second-order valence-corrected chi connectivity index (χ2v) is 7.10. The van der Waals surface area contributed by atoms with Gasteiger partial charge in [0.1, 0.15) is 12.2 Å². The number of carbonyl (C=O) groups is 1. The fourth-order valence-corrected chi connectivity index (χ4v) is 3.68. The molecule has 3 rings (SSSR count). The molecule has 1 fully saturated rings. The number of primary amides is 1. The van der Waals surface area contributed by atoms with E-state index in [1.807, 2.05) is 0 Å². The van der Waals surface area contributed by atoms with Crippen LogP contribution in [0, 0.1) is 12.8 Å². The Morgan fingerprint density at radius 1 is 1.35 bits per heavy atom. The molecule has 5 nitrogen and oxygen atoms in total. The zero-order chi connectivity index (χ0) is 16.2. The molecular weight excluding hydrogens is 308 g/mol. The highest BCUT2D eigenvalue weighted by molar-refractivity contribution is 7.13. The van der Waals surface area contributed by atoms with Gasteiger partial charge in [-0.25, -0.2) is 4.98 Å². The SMILES string of the molecule is Cc1ccc(Nc2nc(C[NH+]3CCC(C(N)=O)CC3)cs2)cc1. The van der Waals surface area contributed by atoms with Crippen molar-refractivity contribution < 1.29 is 9.69 Å². The molecule has 0 unspecified atom stereocenters. The number of anilines is 2. The van der Waals surface area contributed by atoms with Gasteiger partial charge in [-0.2, -0.15) is 0 Å². The van der Waals surface area contributed by atoms with Gasteiger partial charge in [-0.05, 0) is 19.1 Å². The number of aromatic nitrogens is 1. The Bertz CT molecular complexity index is 659. The summed E-state index contributed by atoms with van der Waals surface area (Å²) in [6, 6.07) is 8.31. The van der Waals surface area contributed by atoms with Gasteiger partial charge in [-0.3, -0.25) is 4.79 Å². The molecule has 0 atom stereocenters. The minimum atomic E-state index is -0.151. The summed E-state index contributed by atoms with van der Waals surface area (Å²) in [5, 5.41) is 6.39. The lowest BCUT2D eigenvalue weighted by molar-refractivity contribution is -0.919. The summed E-state index contributed by atoms with van der Waals surface area (Å²) in [6.07, 6.45) is 1.78. The number of quaternary nitrogens is 1. The molecule has 4 N–H and O–H groups in total. The highest BCUT2D eigenvalue weighted by Crippen LogP contribution is 2.21. The number of likely N-dealkylation sites (tertiary alicyclic amines) is 1. The Morgan fingerprint density at radius 3 is 2.70 bits per heavy atom. The quantitative estimate of drug-likeness (QED) is 0.777. The van der Waals surface area contributed by atoms with E-state index in [4.69, 9.17) is 5.73 Å². The maximum Gasteiger partial charge on any atom is 0.220 e. The summed E-state index contributed by atoms with van der Waals surface area (Å²) in [6.45, 7) is 4.98. The smallest absolute Gasteiger partial charge is 0.220 e. The summed E-state index contributed by atoms with van der Waals surface area (Å²) in [5.74, 6) is -0.0877. The number of hydrogen-bond acceptors (Lipinski definition) is 4. The lowest BCUT2D eigenvalue weighted by Crippen LogP contribution is -3.11. The second-order valence-electron chi connectivity index (χ2n) is 6.24. The minimum absolute atomic E-state index is 0.0629. The van der Waals surface area contributed by atoms with Gasteiger partial charge in [-0.1, -0.05) is 17.7 Å². The maximum atomic E-state index is 11.2. The number of thiazole rings is 1. The van der Waals surface area contributed by atoms with E-state index < -0.39 is 0 Å². The van der Waals surface area contributed by atoms with Crippen molar-refractivity contribution in [3.05, 3.63) is 40.9 Å². The van der Waals surface area contributed by atoms with Gasteiger partial charge in [0.05, 0.1) is 13.1 Å². The molecule has 1 aromatic carbocycles. The number of nitrogens with two attached hydrogens (primary N) is 1. The molecule has 122 valence electrons. The van der Waals surface area contributed by atoms with Crippen molar-refractivity contribution in [3.63, 3.8) is 0 Å². The Balaban J connectivity index is 1.53. The lowest BCUT2D eigenvalue weighted by Gasteiger charge is -2.27. The van der Waals surface area contributed by atoms with Crippen LogP contribution in [0.15, 0.2) is 29.6 Å². The molecule has 2 heterocycles. The number of amides is 1. The van der Waals surface area contributed by atoms with E-state index in [1.54, 1.807) is 11.3 Å². The molecule has 0 saturated carbocycles. The number of piperidine rings is 1. The van der Waals surface area contributed by atoms with E-state index in [0.717, 1.165) is 49.0 Å². The van der Waals surface area contributed by atoms with Crippen LogP contribution in [-0.4, -0.2) is 24.0 Å². The molecule has 0 aliphatic carbocycles. The molecule has 6 heteroatoms. The Hall–Kier alpha value is -1.92. The maximum absolute atomic E-state index is 11.2. The first kappa shape index (κ1) is 16.0. The van der Waals surface area contributed by atoms with Crippen LogP contribution in [0.5, 0.6) is 0 Å². The molecule has 1 aliphatic heterocycles. The molecular formula is C17H23N4OS+. The number of benzene rings is 1. The van der Waals surface area contributed by atoms with Gasteiger partial charge in [0.25, 0.3) is 0 Å². The van der Waals surface area contributed by atoms with Crippen molar-refractivity contribution in [2.45, 2.75) is 26.3 Å². The summed E-state index contributed by atoms with van der Waals surface area (Å²) < 4.78 is 0. The third-order valence-corrected chi connectivity index (χ3v) is 5.19. The summed E-state index contributed by atoms with van der Waals surface area (Å²) >= 11 is 1.63. The summed E-state index contributed by atoms with van der Waals surface area (Å²) in [5.41, 5.74) is 8.80. The van der Waals surface area contributed by atoms with Gasteiger partial charge >= 0.3 is 0 Å². The van der Waals surface area contributed by atoms with Crippen LogP contribution in [0.2, 0.25) is 0 Å². The van der Waals surface area contributed by atoms with Gasteiger partial charge < -0.3 is 16.0 Å². The van der Waals surface area contributed by atoms with Crippen LogP contribution >= 0.6 is 11.3 Å². The summed E-state index contributed by atoms with van der Waals surface area (Å²) in [7, 11) is 0. The Morgan fingerprint density at radius 2 is 2.04 bits per heavy atom. The first-order valence-corrected chi connectivity index (χ1v) is 8.89. The topological polar surface area (TPSA) is 72.5 Å². The van der Waals surface area contributed by atoms with E-state index in [1.165, 1.54) is 10.5 Å². The summed E-state index contributed by atoms with van der Waals surface area (Å²) in [4.78, 5) is 17.4. The fraction of sp³-hybridized carbons (Fsp3) is 0.412. The van der Waals surface area contributed by atoms with Gasteiger partial charge in [0, 0.05) is 29.8 Å². The third-order valence-electron chi connectivity index (χ3n) is 4.38. The van der Waals surface area contributed by atoms with Gasteiger partial charge in [0.15, 0.2) is 5.13 Å². The number of carbonyl (C=O) groups excluding carboxylic acids is 1. The molecule has 0 radical (unpaired) electrons. The predicted octanol–water partition coefficient (Wildman–Crippen LogP) is 1.48. The van der Waals surface area contributed by atoms with E-state index in [-0.39, 0.29) is 11.8 Å². The van der Waals surface area contributed by atoms with Crippen molar-refractivity contribution >= 4 is 28.1 Å². The van der Waals surface area contributed by atoms with Crippen molar-refractivity contribution in [3.8, 4) is 0 Å². The van der Waals surface area contributed by atoms with E-state index >= 15 is 0 Å². The standard InChI is InChI=1S/C17H22N4OS/c1-12-2-4-14(5-3-12)19-17-20-15(11-23-17)10-21-8-6-13(7-9-21)16(18)22/h2-5,11,13H,6-10H2,1H3,(H2,18,22)(H,19,20)/p+1. The van der Waals surface area contributed by atoms with E-state index in [2.05, 4.69) is 46.9 Å². The average Bonchev–Trinajstić information content (AvgIpc) is 2.97. The number of aryl methyl sites for hydroxylation is 1. The van der Waals surface area contributed by atoms with Gasteiger partial charge in [0.2, 0.25) is 5.91 Å². The van der Waals surface area contributed by atoms with Crippen molar-refractivity contribution in [1.29, 1.82) is 0 Å². The Kier molecular flexibility index (Phi) is 4.93. The monoisotopic (exact) mass is 331 g/mol. The predicted molar refractivity (Wildman–Crippen MR) is 92.9 cm³/mol. The number of hydrogen-bond donors (Lipinski definition) is 3. The molecule has 2 aromatic rings. The van der Waals surface area contributed by atoms with Crippen LogP contribution in [0.4, 0.5) is 10.8 Å². The first-order valence-electron chi connectivity index (χ1n) is 8.01. The zero-order valence-electron chi connectivity index (χ0n) is 13.3. The molecule has 1 aromatic heterocycles. The normalized spacial score (nSPS) is 21.1. The highest BCUT2D eigenvalue weighted by Gasteiger charge is 2.26. The van der Waals surface area contributed by atoms with E-state index in [9.17, 15) is 4.79 Å². The fourth-order valence-electron chi connectivity index (χ4n) is 2.95. The van der Waals surface area contributed by atoms with Crippen LogP contribution in [0.25, 0.3) is 0 Å². The number of nitrogens with one attached hydrogen (secondary N) is 2. The van der Waals surface area contributed by atoms with Crippen LogP contribution in [0.1, 0.15) is 24.1 Å². The second kappa shape index (κ2) is 7.10. The third kappa shape index (κ3) is 4.30. The molecule has 0 spiro atoms. The molecule has 1 aliphatic rings. The van der Waals surface area contributed by atoms with Crippen LogP contribution in [0.3, 0.4) is 0 Å².